The van der Waals surface area contributed by atoms with E-state index < -0.39 is 12.2 Å². The van der Waals surface area contributed by atoms with Crippen LogP contribution in [0.5, 0.6) is 0 Å². The minimum Gasteiger partial charge on any atom is -0.492 e. The number of aliphatic hydroxyl groups is 1. The predicted octanol–water partition coefficient (Wildman–Crippen LogP) is -0.510. The van der Waals surface area contributed by atoms with Crippen molar-refractivity contribution in [1.82, 2.24) is 0 Å². The maximum atomic E-state index is 10.5. The molecular weight excluding hydrogens is 188 g/mol. The van der Waals surface area contributed by atoms with Gasteiger partial charge in [-0.15, -0.1) is 0 Å². The molecule has 1 aliphatic heterocycles. The van der Waals surface area contributed by atoms with Crippen molar-refractivity contribution >= 4 is 6.29 Å². The molecule has 0 saturated carbocycles. The Bertz CT molecular complexity index is 225. The summed E-state index contributed by atoms with van der Waals surface area (Å²) >= 11 is 0. The van der Waals surface area contributed by atoms with E-state index in [-0.39, 0.29) is 11.7 Å². The third-order valence-corrected chi connectivity index (χ3v) is 2.14. The number of hydrogen-bond acceptors (Lipinski definition) is 5. The molecule has 0 aliphatic carbocycles. The first-order valence-corrected chi connectivity index (χ1v) is 4.25. The first-order valence-electron chi connectivity index (χ1n) is 4.25. The number of rotatable bonds is 4. The topological polar surface area (TPSA) is 65.0 Å². The van der Waals surface area contributed by atoms with Crippen molar-refractivity contribution in [1.29, 1.82) is 0 Å². The fourth-order valence-electron chi connectivity index (χ4n) is 1.38. The van der Waals surface area contributed by atoms with Gasteiger partial charge in [-0.25, -0.2) is 0 Å². The van der Waals surface area contributed by atoms with Crippen molar-refractivity contribution in [3.63, 3.8) is 0 Å². The van der Waals surface area contributed by atoms with Crippen LogP contribution >= 0.6 is 0 Å². The van der Waals surface area contributed by atoms with E-state index in [0.717, 1.165) is 0 Å². The first-order chi connectivity index (χ1) is 6.74. The van der Waals surface area contributed by atoms with Crippen LogP contribution in [0.1, 0.15) is 0 Å². The summed E-state index contributed by atoms with van der Waals surface area (Å²) in [5.74, 6) is 0. The van der Waals surface area contributed by atoms with Gasteiger partial charge in [-0.05, 0) is 0 Å². The van der Waals surface area contributed by atoms with E-state index in [9.17, 15) is 9.90 Å². The molecule has 14 heavy (non-hydrogen) atoms. The van der Waals surface area contributed by atoms with Crippen LogP contribution in [-0.2, 0) is 19.0 Å². The van der Waals surface area contributed by atoms with Gasteiger partial charge in [-0.3, -0.25) is 4.79 Å². The fourth-order valence-corrected chi connectivity index (χ4v) is 1.38. The summed E-state index contributed by atoms with van der Waals surface area (Å²) in [4.78, 5) is 10.5. The average molecular weight is 202 g/mol. The smallest absolute Gasteiger partial charge is 0.151 e. The second kappa shape index (κ2) is 5.09. The van der Waals surface area contributed by atoms with Crippen LogP contribution in [0.3, 0.4) is 0 Å². The lowest BCUT2D eigenvalue weighted by atomic mass is 10.00. The van der Waals surface area contributed by atoms with Gasteiger partial charge in [0.2, 0.25) is 0 Å². The molecule has 1 N–H and O–H groups in total. The monoisotopic (exact) mass is 202 g/mol. The molecule has 1 aliphatic rings. The molecule has 1 heterocycles. The largest absolute Gasteiger partial charge is 0.492 e. The molecule has 80 valence electrons. The lowest BCUT2D eigenvalue weighted by molar-refractivity contribution is -0.120. The molecule has 0 aromatic heterocycles. The van der Waals surface area contributed by atoms with Gasteiger partial charge in [-0.2, -0.15) is 0 Å². The quantitative estimate of drug-likeness (QED) is 0.622. The second-order valence-corrected chi connectivity index (χ2v) is 3.01. The highest BCUT2D eigenvalue weighted by Crippen LogP contribution is 2.20. The Hall–Kier alpha value is -0.910. The number of aliphatic hydroxyl groups excluding tert-OH is 1. The summed E-state index contributed by atoms with van der Waals surface area (Å²) in [5, 5.41) is 9.67. The molecule has 0 saturated heterocycles. The molecule has 0 unspecified atom stereocenters. The predicted molar refractivity (Wildman–Crippen MR) is 47.7 cm³/mol. The van der Waals surface area contributed by atoms with Gasteiger partial charge >= 0.3 is 0 Å². The Balaban J connectivity index is 2.74. The molecule has 0 radical (unpaired) electrons. The van der Waals surface area contributed by atoms with E-state index in [1.165, 1.54) is 20.5 Å². The van der Waals surface area contributed by atoms with E-state index >= 15 is 0 Å². The normalized spacial score (nSPS) is 31.9. The highest BCUT2D eigenvalue weighted by molar-refractivity contribution is 5.74. The summed E-state index contributed by atoms with van der Waals surface area (Å²) in [6, 6.07) is 0. The molecule has 5 heteroatoms. The van der Waals surface area contributed by atoms with Crippen molar-refractivity contribution in [3.8, 4) is 0 Å². The molecule has 0 fully saturated rings. The Morgan fingerprint density at radius 1 is 1.64 bits per heavy atom. The molecular formula is C9H14O5. The van der Waals surface area contributed by atoms with Gasteiger partial charge in [0.1, 0.15) is 18.3 Å². The van der Waals surface area contributed by atoms with Crippen LogP contribution in [0.4, 0.5) is 0 Å². The zero-order valence-electron chi connectivity index (χ0n) is 8.17. The van der Waals surface area contributed by atoms with Crippen LogP contribution in [0.2, 0.25) is 0 Å². The fraction of sp³-hybridized carbons (Fsp3) is 0.667. The minimum absolute atomic E-state index is 0.184. The Morgan fingerprint density at radius 2 is 2.36 bits per heavy atom. The van der Waals surface area contributed by atoms with Crippen LogP contribution in [0.25, 0.3) is 0 Å². The zero-order chi connectivity index (χ0) is 10.6. The molecule has 0 amide bonds. The van der Waals surface area contributed by atoms with Crippen LogP contribution < -0.4 is 0 Å². The van der Waals surface area contributed by atoms with E-state index in [2.05, 4.69) is 0 Å². The van der Waals surface area contributed by atoms with Gasteiger partial charge in [0.25, 0.3) is 0 Å². The van der Waals surface area contributed by atoms with Gasteiger partial charge in [0, 0.05) is 14.2 Å². The molecule has 0 bridgehead atoms. The summed E-state index contributed by atoms with van der Waals surface area (Å²) < 4.78 is 15.1. The number of hydrogen-bond donors (Lipinski definition) is 1. The van der Waals surface area contributed by atoms with Crippen LogP contribution in [-0.4, -0.2) is 50.5 Å². The van der Waals surface area contributed by atoms with E-state index in [4.69, 9.17) is 14.2 Å². The Morgan fingerprint density at radius 3 is 2.86 bits per heavy atom. The van der Waals surface area contributed by atoms with Crippen molar-refractivity contribution in [2.75, 3.05) is 20.8 Å². The average Bonchev–Trinajstić information content (AvgIpc) is 2.19. The summed E-state index contributed by atoms with van der Waals surface area (Å²) in [5.41, 5.74) is 0.184. The van der Waals surface area contributed by atoms with Crippen molar-refractivity contribution in [2.45, 2.75) is 18.3 Å². The van der Waals surface area contributed by atoms with Gasteiger partial charge in [0.15, 0.2) is 6.29 Å². The van der Waals surface area contributed by atoms with Crippen molar-refractivity contribution in [2.24, 2.45) is 0 Å². The Kier molecular flexibility index (Phi) is 4.06. The summed E-state index contributed by atoms with van der Waals surface area (Å²) in [7, 11) is 2.98. The highest BCUT2D eigenvalue weighted by atomic mass is 16.6. The van der Waals surface area contributed by atoms with Gasteiger partial charge in [-0.1, -0.05) is 0 Å². The van der Waals surface area contributed by atoms with E-state index in [1.54, 1.807) is 0 Å². The maximum absolute atomic E-state index is 10.5. The highest BCUT2D eigenvalue weighted by Gasteiger charge is 2.35. The van der Waals surface area contributed by atoms with Gasteiger partial charge < -0.3 is 19.3 Å². The summed E-state index contributed by atoms with van der Waals surface area (Å²) in [6.45, 7) is 0.304. The molecule has 1 rings (SSSR count). The lowest BCUT2D eigenvalue weighted by Crippen LogP contribution is -2.46. The molecule has 0 spiro atoms. The van der Waals surface area contributed by atoms with Crippen LogP contribution in [0.15, 0.2) is 11.8 Å². The molecule has 5 nitrogen and oxygen atoms in total. The van der Waals surface area contributed by atoms with Crippen LogP contribution in [0, 0.1) is 0 Å². The minimum atomic E-state index is -0.952. The van der Waals surface area contributed by atoms with E-state index in [1.807, 2.05) is 0 Å². The molecule has 0 aromatic rings. The van der Waals surface area contributed by atoms with Crippen molar-refractivity contribution < 1.29 is 24.1 Å². The molecule has 0 aromatic carbocycles. The second-order valence-electron chi connectivity index (χ2n) is 3.01. The number of methoxy groups -OCH3 is 2. The number of carbonyl (C=O) groups is 1. The summed E-state index contributed by atoms with van der Waals surface area (Å²) in [6.07, 6.45) is -0.105. The third kappa shape index (κ3) is 2.12. The SMILES string of the molecule is COC[C@H]1OC=C(C=O)[C@H](O)[C@H]1OC. The first kappa shape index (κ1) is 11.2. The zero-order valence-corrected chi connectivity index (χ0v) is 8.17. The van der Waals surface area contributed by atoms with Gasteiger partial charge in [0.05, 0.1) is 18.4 Å². The van der Waals surface area contributed by atoms with Crippen molar-refractivity contribution in [3.05, 3.63) is 11.8 Å². The number of ether oxygens (including phenoxy) is 3. The standard InChI is InChI=1S/C9H14O5/c1-12-5-7-9(13-2)8(11)6(3-10)4-14-7/h3-4,7-9,11H,5H2,1-2H3/t7-,8+,9+/m1/s1. The lowest BCUT2D eigenvalue weighted by Gasteiger charge is -2.32. The van der Waals surface area contributed by atoms with E-state index in [0.29, 0.717) is 12.9 Å². The Labute approximate surface area is 82.3 Å². The number of carbonyl (C=O) groups excluding carboxylic acids is 1. The number of aldehydes is 1. The maximum Gasteiger partial charge on any atom is 0.151 e. The third-order valence-electron chi connectivity index (χ3n) is 2.14. The molecule has 3 atom stereocenters.